The van der Waals surface area contributed by atoms with Crippen LogP contribution >= 0.6 is 0 Å². The minimum atomic E-state index is -1.26. The molecule has 0 heterocycles. The molecule has 1 unspecified atom stereocenters. The van der Waals surface area contributed by atoms with Gasteiger partial charge in [0, 0.05) is 26.7 Å². The van der Waals surface area contributed by atoms with Crippen LogP contribution in [0.15, 0.2) is 0 Å². The summed E-state index contributed by atoms with van der Waals surface area (Å²) in [5.74, 6) is 0. The van der Waals surface area contributed by atoms with Crippen LogP contribution in [0.3, 0.4) is 0 Å². The van der Waals surface area contributed by atoms with Gasteiger partial charge in [-0.1, -0.05) is 0 Å². The van der Waals surface area contributed by atoms with Crippen molar-refractivity contribution in [3.05, 3.63) is 0 Å². The van der Waals surface area contributed by atoms with Gasteiger partial charge < -0.3 is 24.1 Å². The predicted octanol–water partition coefficient (Wildman–Crippen LogP) is 1.53. The van der Waals surface area contributed by atoms with Gasteiger partial charge in [0.05, 0.1) is 25.9 Å². The third-order valence-corrected chi connectivity index (χ3v) is 2.09. The minimum Gasteiger partial charge on any atom is -0.450 e. The van der Waals surface area contributed by atoms with Crippen molar-refractivity contribution in [3.8, 4) is 0 Å². The van der Waals surface area contributed by atoms with Crippen LogP contribution in [-0.4, -0.2) is 57.5 Å². The topological polar surface area (TPSA) is 74.2 Å². The van der Waals surface area contributed by atoms with Gasteiger partial charge in [0.15, 0.2) is 0 Å². The monoisotopic (exact) mass is 250 g/mol. The van der Waals surface area contributed by atoms with Crippen LogP contribution in [0, 0.1) is 0 Å². The molecule has 0 amide bonds. The first-order valence-corrected chi connectivity index (χ1v) is 5.74. The van der Waals surface area contributed by atoms with E-state index in [4.69, 9.17) is 19.3 Å². The molecule has 17 heavy (non-hydrogen) atoms. The highest BCUT2D eigenvalue weighted by molar-refractivity contribution is 5.56. The van der Waals surface area contributed by atoms with E-state index < -0.39 is 6.16 Å². The first-order chi connectivity index (χ1) is 8.20. The van der Waals surface area contributed by atoms with E-state index in [2.05, 4.69) is 4.74 Å². The maximum Gasteiger partial charge on any atom is 0.505 e. The Balaban J connectivity index is 3.67. The molecule has 0 spiro atoms. The molecule has 0 aliphatic rings. The van der Waals surface area contributed by atoms with Crippen LogP contribution < -0.4 is 0 Å². The van der Waals surface area contributed by atoms with E-state index in [1.807, 2.05) is 6.92 Å². The SMILES string of the molecule is CCOCCOC(CCOC)CCOC(=O)O. The van der Waals surface area contributed by atoms with E-state index >= 15 is 0 Å². The molecule has 0 bridgehead atoms. The van der Waals surface area contributed by atoms with Gasteiger partial charge in [0.1, 0.15) is 0 Å². The molecular weight excluding hydrogens is 228 g/mol. The predicted molar refractivity (Wildman–Crippen MR) is 61.3 cm³/mol. The van der Waals surface area contributed by atoms with Crippen LogP contribution in [-0.2, 0) is 18.9 Å². The minimum absolute atomic E-state index is 0.0604. The highest BCUT2D eigenvalue weighted by atomic mass is 16.7. The van der Waals surface area contributed by atoms with Gasteiger partial charge in [-0.3, -0.25) is 0 Å². The summed E-state index contributed by atoms with van der Waals surface area (Å²) in [6, 6.07) is 0. The zero-order chi connectivity index (χ0) is 12.9. The smallest absolute Gasteiger partial charge is 0.450 e. The highest BCUT2D eigenvalue weighted by Gasteiger charge is 2.10. The van der Waals surface area contributed by atoms with E-state index in [-0.39, 0.29) is 12.7 Å². The number of carboxylic acid groups (broad SMARTS) is 1. The lowest BCUT2D eigenvalue weighted by Crippen LogP contribution is -2.21. The summed E-state index contributed by atoms with van der Waals surface area (Å²) in [6.45, 7) is 4.33. The van der Waals surface area contributed by atoms with E-state index in [0.29, 0.717) is 39.3 Å². The van der Waals surface area contributed by atoms with Gasteiger partial charge in [-0.05, 0) is 13.3 Å². The molecule has 1 N–H and O–H groups in total. The average molecular weight is 250 g/mol. The number of hydrogen-bond donors (Lipinski definition) is 1. The van der Waals surface area contributed by atoms with Crippen molar-refractivity contribution in [1.29, 1.82) is 0 Å². The molecule has 0 aromatic heterocycles. The van der Waals surface area contributed by atoms with E-state index in [0.717, 1.165) is 0 Å². The summed E-state index contributed by atoms with van der Waals surface area (Å²) in [5, 5.41) is 8.34. The molecule has 0 fully saturated rings. The number of methoxy groups -OCH3 is 1. The number of carbonyl (C=O) groups is 1. The molecule has 0 saturated carbocycles. The lowest BCUT2D eigenvalue weighted by Gasteiger charge is -2.17. The third-order valence-electron chi connectivity index (χ3n) is 2.09. The van der Waals surface area contributed by atoms with Gasteiger partial charge in [-0.2, -0.15) is 0 Å². The fourth-order valence-electron chi connectivity index (χ4n) is 1.26. The fraction of sp³-hybridized carbons (Fsp3) is 0.909. The van der Waals surface area contributed by atoms with E-state index in [9.17, 15) is 4.79 Å². The summed E-state index contributed by atoms with van der Waals surface area (Å²) < 4.78 is 20.1. The molecule has 0 rings (SSSR count). The summed E-state index contributed by atoms with van der Waals surface area (Å²) in [5.41, 5.74) is 0. The Morgan fingerprint density at radius 2 is 1.88 bits per heavy atom. The zero-order valence-corrected chi connectivity index (χ0v) is 10.5. The van der Waals surface area contributed by atoms with Crippen LogP contribution in [0.4, 0.5) is 4.79 Å². The van der Waals surface area contributed by atoms with Crippen molar-refractivity contribution in [2.75, 3.05) is 40.1 Å². The van der Waals surface area contributed by atoms with Gasteiger partial charge in [0.25, 0.3) is 0 Å². The molecule has 0 aromatic rings. The maximum absolute atomic E-state index is 10.2. The van der Waals surface area contributed by atoms with Crippen LogP contribution in [0.5, 0.6) is 0 Å². The molecule has 6 heteroatoms. The summed E-state index contributed by atoms with van der Waals surface area (Å²) >= 11 is 0. The second kappa shape index (κ2) is 11.6. The lowest BCUT2D eigenvalue weighted by molar-refractivity contribution is -0.0186. The van der Waals surface area contributed by atoms with Crippen molar-refractivity contribution in [3.63, 3.8) is 0 Å². The van der Waals surface area contributed by atoms with Crippen molar-refractivity contribution in [1.82, 2.24) is 0 Å². The third kappa shape index (κ3) is 11.4. The summed E-state index contributed by atoms with van der Waals surface area (Å²) in [6.07, 6.45) is -0.0764. The van der Waals surface area contributed by atoms with Crippen molar-refractivity contribution < 1.29 is 28.8 Å². The first-order valence-electron chi connectivity index (χ1n) is 5.74. The number of ether oxygens (including phenoxy) is 4. The molecule has 6 nitrogen and oxygen atoms in total. The molecule has 0 radical (unpaired) electrons. The van der Waals surface area contributed by atoms with Gasteiger partial charge in [0.2, 0.25) is 0 Å². The lowest BCUT2D eigenvalue weighted by atomic mass is 10.2. The Hall–Kier alpha value is -0.850. The Labute approximate surface area is 102 Å². The van der Waals surface area contributed by atoms with Gasteiger partial charge >= 0.3 is 6.16 Å². The molecule has 0 aliphatic carbocycles. The van der Waals surface area contributed by atoms with E-state index in [1.54, 1.807) is 7.11 Å². The summed E-state index contributed by atoms with van der Waals surface area (Å²) in [4.78, 5) is 10.2. The summed E-state index contributed by atoms with van der Waals surface area (Å²) in [7, 11) is 1.62. The maximum atomic E-state index is 10.2. The van der Waals surface area contributed by atoms with Crippen molar-refractivity contribution in [2.45, 2.75) is 25.9 Å². The second-order valence-electron chi connectivity index (χ2n) is 3.37. The van der Waals surface area contributed by atoms with Crippen LogP contribution in [0.25, 0.3) is 0 Å². The van der Waals surface area contributed by atoms with Gasteiger partial charge in [-0.15, -0.1) is 0 Å². The van der Waals surface area contributed by atoms with Crippen molar-refractivity contribution >= 4 is 6.16 Å². The average Bonchev–Trinajstić information content (AvgIpc) is 2.30. The Morgan fingerprint density at radius 1 is 1.18 bits per heavy atom. The van der Waals surface area contributed by atoms with Crippen LogP contribution in [0.1, 0.15) is 19.8 Å². The normalized spacial score (nSPS) is 12.4. The molecule has 0 aliphatic heterocycles. The van der Waals surface area contributed by atoms with Crippen LogP contribution in [0.2, 0.25) is 0 Å². The second-order valence-corrected chi connectivity index (χ2v) is 3.37. The highest BCUT2D eigenvalue weighted by Crippen LogP contribution is 2.05. The number of rotatable bonds is 11. The molecule has 0 saturated heterocycles. The Bertz CT molecular complexity index is 185. The van der Waals surface area contributed by atoms with Gasteiger partial charge in [-0.25, -0.2) is 4.79 Å². The largest absolute Gasteiger partial charge is 0.505 e. The Kier molecular flexibility index (Phi) is 11.0. The molecular formula is C11H22O6. The fourth-order valence-corrected chi connectivity index (χ4v) is 1.26. The van der Waals surface area contributed by atoms with E-state index in [1.165, 1.54) is 0 Å². The quantitative estimate of drug-likeness (QED) is 0.443. The first kappa shape index (κ1) is 16.1. The molecule has 102 valence electrons. The Morgan fingerprint density at radius 3 is 2.47 bits per heavy atom. The zero-order valence-electron chi connectivity index (χ0n) is 10.5. The standard InChI is InChI=1S/C11H22O6/c1-3-15-8-9-16-10(4-6-14-2)5-7-17-11(12)13/h10H,3-9H2,1-2H3,(H,12,13). The van der Waals surface area contributed by atoms with Crippen molar-refractivity contribution in [2.24, 2.45) is 0 Å². The number of hydrogen-bond acceptors (Lipinski definition) is 5. The molecule has 0 aromatic carbocycles. The molecule has 1 atom stereocenters.